The van der Waals surface area contributed by atoms with Gasteiger partial charge in [-0.3, -0.25) is 33.8 Å². The van der Waals surface area contributed by atoms with Crippen molar-refractivity contribution in [2.24, 2.45) is 29.4 Å². The van der Waals surface area contributed by atoms with E-state index in [0.717, 1.165) is 0 Å². The van der Waals surface area contributed by atoms with Gasteiger partial charge in [0.25, 0.3) is 0 Å². The third-order valence-corrected chi connectivity index (χ3v) is 9.48. The Labute approximate surface area is 230 Å². The third kappa shape index (κ3) is 3.87. The molecule has 2 saturated carbocycles. The smallest absolute Gasteiger partial charge is 0.235 e. The lowest BCUT2D eigenvalue weighted by molar-refractivity contribution is -0.196. The lowest BCUT2D eigenvalue weighted by atomic mass is 9.49. The fourth-order valence-corrected chi connectivity index (χ4v) is 7.46. The number of nitrogens with zero attached hydrogens (tertiary/aromatic N) is 2. The highest BCUT2D eigenvalue weighted by Gasteiger charge is 2.72. The number of rotatable bonds is 4. The second-order valence-corrected chi connectivity index (χ2v) is 11.9. The van der Waals surface area contributed by atoms with E-state index in [1.807, 2.05) is 4.90 Å². The molecular formula is C28H34FN3O8. The number of carbonyl (C=O) groups excluding carboxylic acids is 5. The van der Waals surface area contributed by atoms with E-state index in [1.54, 1.807) is 19.1 Å². The Morgan fingerprint density at radius 1 is 1.15 bits per heavy atom. The van der Waals surface area contributed by atoms with Gasteiger partial charge in [-0.25, -0.2) is 4.39 Å². The Kier molecular flexibility index (Phi) is 6.97. The molecule has 1 aromatic carbocycles. The first-order valence-corrected chi connectivity index (χ1v) is 13.5. The maximum absolute atomic E-state index is 14.0. The second-order valence-electron chi connectivity index (χ2n) is 11.9. The Bertz CT molecular complexity index is 1310. The molecule has 0 spiro atoms. The van der Waals surface area contributed by atoms with Crippen molar-refractivity contribution in [3.05, 3.63) is 28.8 Å². The highest BCUT2D eigenvalue weighted by atomic mass is 19.1. The van der Waals surface area contributed by atoms with E-state index in [2.05, 4.69) is 0 Å². The van der Waals surface area contributed by atoms with Crippen LogP contribution in [0.15, 0.2) is 12.1 Å². The normalized spacial score (nSPS) is 36.8. The number of ketones is 4. The fraction of sp³-hybridized carbons (Fsp3) is 0.607. The zero-order valence-corrected chi connectivity index (χ0v) is 22.5. The number of amides is 1. The molecule has 216 valence electrons. The summed E-state index contributed by atoms with van der Waals surface area (Å²) < 4.78 is 13.6. The first-order chi connectivity index (χ1) is 18.7. The van der Waals surface area contributed by atoms with Crippen LogP contribution >= 0.6 is 0 Å². The number of hydrogen-bond acceptors (Lipinski definition) is 10. The Morgan fingerprint density at radius 3 is 2.35 bits per heavy atom. The SMILES string of the molecule is C[C@H]1c2ccc(CN3CCC(F)CC3)c(O)c2C(=O)C2C(=O)[C@]3(O)C(=O)C(C(N)=O)C(=O)[C@@H](N(C)C)[C@@H]3[C@@H](O)[C@@H]21. The summed E-state index contributed by atoms with van der Waals surface area (Å²) in [6, 6.07) is 1.89. The van der Waals surface area contributed by atoms with Crippen molar-refractivity contribution < 1.29 is 43.7 Å². The van der Waals surface area contributed by atoms with Gasteiger partial charge in [-0.2, -0.15) is 0 Å². The van der Waals surface area contributed by atoms with Crippen molar-refractivity contribution in [3.63, 3.8) is 0 Å². The van der Waals surface area contributed by atoms with E-state index in [4.69, 9.17) is 5.73 Å². The van der Waals surface area contributed by atoms with Crippen LogP contribution in [0.2, 0.25) is 0 Å². The van der Waals surface area contributed by atoms with E-state index in [0.29, 0.717) is 37.1 Å². The van der Waals surface area contributed by atoms with Gasteiger partial charge in [-0.1, -0.05) is 19.1 Å². The topological polar surface area (TPSA) is 179 Å². The van der Waals surface area contributed by atoms with Crippen molar-refractivity contribution in [1.29, 1.82) is 0 Å². The van der Waals surface area contributed by atoms with Gasteiger partial charge in [0.2, 0.25) is 5.91 Å². The van der Waals surface area contributed by atoms with Crippen LogP contribution in [-0.4, -0.2) is 105 Å². The number of likely N-dealkylation sites (N-methyl/N-ethyl adjacent to an activating group) is 1. The zero-order chi connectivity index (χ0) is 29.4. The lowest BCUT2D eigenvalue weighted by Crippen LogP contribution is -2.77. The van der Waals surface area contributed by atoms with Crippen LogP contribution < -0.4 is 5.73 Å². The minimum Gasteiger partial charge on any atom is -0.507 e. The average molecular weight is 560 g/mol. The summed E-state index contributed by atoms with van der Waals surface area (Å²) >= 11 is 0. The fourth-order valence-electron chi connectivity index (χ4n) is 7.46. The van der Waals surface area contributed by atoms with E-state index in [9.17, 15) is 43.7 Å². The summed E-state index contributed by atoms with van der Waals surface area (Å²) in [7, 11) is 2.89. The highest BCUT2D eigenvalue weighted by molar-refractivity contribution is 6.32. The van der Waals surface area contributed by atoms with Crippen molar-refractivity contribution in [2.45, 2.75) is 56.1 Å². The molecule has 1 amide bonds. The number of piperidine rings is 1. The number of phenols is 1. The number of primary amides is 1. The van der Waals surface area contributed by atoms with Gasteiger partial charge >= 0.3 is 0 Å². The van der Waals surface area contributed by atoms with Crippen LogP contribution in [0.4, 0.5) is 4.39 Å². The molecule has 1 saturated heterocycles. The van der Waals surface area contributed by atoms with Gasteiger partial charge in [0.1, 0.15) is 11.9 Å². The molecule has 5 N–H and O–H groups in total. The average Bonchev–Trinajstić information content (AvgIpc) is 2.88. The molecule has 11 nitrogen and oxygen atoms in total. The number of benzene rings is 1. The summed E-state index contributed by atoms with van der Waals surface area (Å²) in [6.45, 7) is 2.86. The van der Waals surface area contributed by atoms with Crippen LogP contribution in [0.5, 0.6) is 5.75 Å². The summed E-state index contributed by atoms with van der Waals surface area (Å²) in [6.07, 6.45) is -1.84. The van der Waals surface area contributed by atoms with E-state index < -0.39 is 82.5 Å². The van der Waals surface area contributed by atoms with E-state index >= 15 is 0 Å². The molecule has 4 aliphatic rings. The molecule has 0 aromatic heterocycles. The minimum absolute atomic E-state index is 0.135. The summed E-state index contributed by atoms with van der Waals surface area (Å²) in [5.74, 6) is -13.4. The number of alkyl halides is 1. The number of halogens is 1. The van der Waals surface area contributed by atoms with Gasteiger partial charge in [0.05, 0.1) is 29.5 Å². The molecule has 0 bridgehead atoms. The third-order valence-electron chi connectivity index (χ3n) is 9.48. The second kappa shape index (κ2) is 9.79. The van der Waals surface area contributed by atoms with Crippen molar-refractivity contribution in [2.75, 3.05) is 27.2 Å². The van der Waals surface area contributed by atoms with Gasteiger partial charge < -0.3 is 21.1 Å². The largest absolute Gasteiger partial charge is 0.507 e. The number of phenolic OH excluding ortho intramolecular Hbond substituents is 1. The molecule has 1 heterocycles. The first-order valence-electron chi connectivity index (χ1n) is 13.5. The predicted octanol–water partition coefficient (Wildman–Crippen LogP) is -0.667. The van der Waals surface area contributed by atoms with Crippen LogP contribution in [-0.2, 0) is 25.7 Å². The molecule has 3 aliphatic carbocycles. The Balaban J connectivity index is 1.59. The molecule has 0 radical (unpaired) electrons. The van der Waals surface area contributed by atoms with Crippen LogP contribution in [0, 0.1) is 23.7 Å². The molecule has 3 fully saturated rings. The quantitative estimate of drug-likeness (QED) is 0.346. The van der Waals surface area contributed by atoms with Crippen molar-refractivity contribution >= 4 is 29.0 Å². The van der Waals surface area contributed by atoms with Gasteiger partial charge in [-0.05, 0) is 38.4 Å². The number of aliphatic hydroxyl groups excluding tert-OH is 1. The maximum atomic E-state index is 14.0. The molecule has 1 aliphatic heterocycles. The number of hydrogen-bond donors (Lipinski definition) is 4. The van der Waals surface area contributed by atoms with Crippen LogP contribution in [0.3, 0.4) is 0 Å². The molecular weight excluding hydrogens is 525 g/mol. The first kappa shape index (κ1) is 28.5. The van der Waals surface area contributed by atoms with E-state index in [-0.39, 0.29) is 17.9 Å². The number of likely N-dealkylation sites (tertiary alicyclic amines) is 1. The molecule has 12 heteroatoms. The summed E-state index contributed by atoms with van der Waals surface area (Å²) in [4.78, 5) is 70.0. The lowest BCUT2D eigenvalue weighted by Gasteiger charge is -2.56. The number of aromatic hydroxyl groups is 1. The molecule has 5 rings (SSSR count). The van der Waals surface area contributed by atoms with Crippen molar-refractivity contribution in [1.82, 2.24) is 9.80 Å². The molecule has 8 atom stereocenters. The minimum atomic E-state index is -3.03. The summed E-state index contributed by atoms with van der Waals surface area (Å²) in [5.41, 5.74) is 2.95. The van der Waals surface area contributed by atoms with Gasteiger partial charge in [0, 0.05) is 31.1 Å². The Morgan fingerprint density at radius 2 is 1.77 bits per heavy atom. The van der Waals surface area contributed by atoms with Gasteiger partial charge in [0.15, 0.2) is 34.7 Å². The van der Waals surface area contributed by atoms with Crippen molar-refractivity contribution in [3.8, 4) is 5.75 Å². The number of Topliss-reactive ketones (excluding diaryl/α,β-unsaturated/α-hetero) is 4. The van der Waals surface area contributed by atoms with Gasteiger partial charge in [-0.15, -0.1) is 0 Å². The predicted molar refractivity (Wildman–Crippen MR) is 137 cm³/mol. The number of aliphatic hydroxyl groups is 2. The van der Waals surface area contributed by atoms with Crippen LogP contribution in [0.25, 0.3) is 0 Å². The molecule has 40 heavy (non-hydrogen) atoms. The van der Waals surface area contributed by atoms with E-state index in [1.165, 1.54) is 19.0 Å². The monoisotopic (exact) mass is 559 g/mol. The zero-order valence-electron chi connectivity index (χ0n) is 22.5. The number of fused-ring (bicyclic) bond motifs is 3. The standard InChI is InChI=1S/C28H34FN3O8/c1-11-14-5-4-12(10-32-8-6-13(29)7-9-32)21(33)16(14)22(34)17-15(11)23(35)19-20(31(2)3)24(36)18(27(30)39)26(38)28(19,40)25(17)37/h4-5,11,13,15,17-20,23,33,35,40H,6-10H2,1-3H3,(H2,30,39)/t11-,15+,17?,18?,19+,20-,23-,28-/m0/s1. The molecule has 2 unspecified atom stereocenters. The highest BCUT2D eigenvalue weighted by Crippen LogP contribution is 2.54. The number of carbonyl (C=O) groups is 5. The van der Waals surface area contributed by atoms with Crippen LogP contribution in [0.1, 0.15) is 47.2 Å². The Hall–Kier alpha value is -3.06. The maximum Gasteiger partial charge on any atom is 0.235 e. The number of nitrogens with two attached hydrogens (primary N) is 1. The summed E-state index contributed by atoms with van der Waals surface area (Å²) in [5, 5.41) is 34.6. The molecule has 1 aromatic rings.